The van der Waals surface area contributed by atoms with Crippen molar-refractivity contribution >= 4 is 43.3 Å². The van der Waals surface area contributed by atoms with Crippen molar-refractivity contribution in [3.8, 4) is 17.3 Å². The third kappa shape index (κ3) is 3.68. The van der Waals surface area contributed by atoms with Crippen molar-refractivity contribution in [2.45, 2.75) is 38.6 Å². The largest absolute Gasteiger partial charge is 0.389 e. The summed E-state index contributed by atoms with van der Waals surface area (Å²) in [6.07, 6.45) is 3.68. The summed E-state index contributed by atoms with van der Waals surface area (Å²) in [6, 6.07) is 2.53. The summed E-state index contributed by atoms with van der Waals surface area (Å²) < 4.78 is 42.7. The van der Waals surface area contributed by atoms with E-state index in [1.54, 1.807) is 6.20 Å². The van der Waals surface area contributed by atoms with Gasteiger partial charge in [-0.05, 0) is 24.5 Å². The molecule has 2 saturated heterocycles. The van der Waals surface area contributed by atoms with Gasteiger partial charge in [-0.25, -0.2) is 18.7 Å². The first-order chi connectivity index (χ1) is 19.0. The van der Waals surface area contributed by atoms with Crippen LogP contribution in [0.2, 0.25) is 0 Å². The van der Waals surface area contributed by atoms with E-state index in [0.717, 1.165) is 62.4 Å². The third-order valence-electron chi connectivity index (χ3n) is 8.22. The van der Waals surface area contributed by atoms with Crippen LogP contribution in [0.5, 0.6) is 0 Å². The number of nitrogens with two attached hydrogens (primary N) is 1. The number of nitrogen functional groups attached to an aromatic ring is 1. The lowest BCUT2D eigenvalue weighted by Crippen LogP contribution is -2.48. The lowest BCUT2D eigenvalue weighted by atomic mass is 9.94. The Labute approximate surface area is 226 Å². The molecule has 12 heteroatoms. The van der Waals surface area contributed by atoms with Gasteiger partial charge in [-0.2, -0.15) is 5.26 Å². The standard InChI is InChI=1S/C27H25F2N7O2S/c1-13-19(35-4-6-37-7-5-35)2-3-36(13)27-33-9-15-16-11-38-12-17(16)20(22(29)23(15)34-27)24-21-14(8-30)26(31)39-25(21)18(28)10-32-24/h9-10,13,19H,2-7,11-12,31H2,1H3/t13-,19-/m0/s1. The number of nitriles is 1. The molecule has 6 heterocycles. The van der Waals surface area contributed by atoms with Gasteiger partial charge in [0.25, 0.3) is 0 Å². The quantitative estimate of drug-likeness (QED) is 0.406. The van der Waals surface area contributed by atoms with Crippen molar-refractivity contribution in [1.29, 1.82) is 5.26 Å². The van der Waals surface area contributed by atoms with Crippen molar-refractivity contribution in [3.05, 3.63) is 40.7 Å². The Morgan fingerprint density at radius 1 is 1.10 bits per heavy atom. The molecule has 2 N–H and O–H groups in total. The second kappa shape index (κ2) is 9.31. The van der Waals surface area contributed by atoms with Gasteiger partial charge in [0.2, 0.25) is 5.95 Å². The van der Waals surface area contributed by atoms with Crippen LogP contribution in [0.15, 0.2) is 12.4 Å². The molecule has 3 aromatic heterocycles. The van der Waals surface area contributed by atoms with E-state index in [1.807, 2.05) is 6.07 Å². The molecule has 0 bridgehead atoms. The number of nitrogens with zero attached hydrogens (tertiary/aromatic N) is 6. The van der Waals surface area contributed by atoms with Crippen LogP contribution in [0.1, 0.15) is 30.0 Å². The molecule has 2 fully saturated rings. The van der Waals surface area contributed by atoms with Crippen LogP contribution in [0.3, 0.4) is 0 Å². The molecular weight excluding hydrogens is 524 g/mol. The topological polar surface area (TPSA) is 113 Å². The van der Waals surface area contributed by atoms with Crippen LogP contribution in [0.25, 0.3) is 32.2 Å². The maximum atomic E-state index is 16.6. The number of morpholine rings is 1. The Balaban J connectivity index is 1.38. The SMILES string of the molecule is C[C@H]1[C@@H](N2CCOCC2)CCN1c1ncc2c3c(c(-c4ncc(F)c5sc(N)c(C#N)c45)c(F)c2n1)COC3. The Morgan fingerprint density at radius 3 is 2.69 bits per heavy atom. The van der Waals surface area contributed by atoms with Gasteiger partial charge in [0.1, 0.15) is 16.6 Å². The Morgan fingerprint density at radius 2 is 1.90 bits per heavy atom. The van der Waals surface area contributed by atoms with Gasteiger partial charge in [0.15, 0.2) is 11.6 Å². The van der Waals surface area contributed by atoms with Crippen LogP contribution >= 0.6 is 11.3 Å². The van der Waals surface area contributed by atoms with Crippen LogP contribution in [-0.4, -0.2) is 64.8 Å². The van der Waals surface area contributed by atoms with Gasteiger partial charge in [0, 0.05) is 54.3 Å². The first kappa shape index (κ1) is 24.5. The number of aromatic nitrogens is 3. The third-order valence-corrected chi connectivity index (χ3v) is 9.25. The number of thiophene rings is 1. The number of hydrogen-bond donors (Lipinski definition) is 1. The highest BCUT2D eigenvalue weighted by Crippen LogP contribution is 2.45. The molecule has 0 amide bonds. The molecule has 2 atom stereocenters. The van der Waals surface area contributed by atoms with Crippen molar-refractivity contribution in [2.24, 2.45) is 0 Å². The fraction of sp³-hybridized carbons (Fsp3) is 0.407. The summed E-state index contributed by atoms with van der Waals surface area (Å²) in [7, 11) is 0. The highest BCUT2D eigenvalue weighted by atomic mass is 32.1. The Kier molecular flexibility index (Phi) is 5.85. The molecule has 0 unspecified atom stereocenters. The molecular formula is C27H25F2N7O2S. The number of pyridine rings is 1. The Hall–Kier alpha value is -3.50. The zero-order valence-corrected chi connectivity index (χ0v) is 22.0. The lowest BCUT2D eigenvalue weighted by Gasteiger charge is -2.35. The van der Waals surface area contributed by atoms with Crippen LogP contribution < -0.4 is 10.6 Å². The number of benzene rings is 1. The first-order valence-corrected chi connectivity index (χ1v) is 13.7. The number of anilines is 2. The summed E-state index contributed by atoms with van der Waals surface area (Å²) in [5.41, 5.74) is 7.99. The summed E-state index contributed by atoms with van der Waals surface area (Å²) in [6.45, 7) is 6.58. The van der Waals surface area contributed by atoms with Gasteiger partial charge in [-0.3, -0.25) is 9.88 Å². The van der Waals surface area contributed by atoms with E-state index in [0.29, 0.717) is 22.9 Å². The summed E-state index contributed by atoms with van der Waals surface area (Å²) in [4.78, 5) is 18.3. The van der Waals surface area contributed by atoms with E-state index in [2.05, 4.69) is 26.7 Å². The monoisotopic (exact) mass is 549 g/mol. The van der Waals surface area contributed by atoms with Crippen molar-refractivity contribution in [1.82, 2.24) is 19.9 Å². The van der Waals surface area contributed by atoms with Gasteiger partial charge in [-0.1, -0.05) is 0 Å². The van der Waals surface area contributed by atoms with E-state index in [1.165, 1.54) is 0 Å². The molecule has 7 rings (SSSR count). The van der Waals surface area contributed by atoms with Crippen LogP contribution in [0.4, 0.5) is 19.7 Å². The fourth-order valence-electron chi connectivity index (χ4n) is 6.28. The Bertz CT molecular complexity index is 1680. The molecule has 4 aromatic rings. The van der Waals surface area contributed by atoms with E-state index in [-0.39, 0.29) is 56.7 Å². The molecule has 0 radical (unpaired) electrons. The highest BCUT2D eigenvalue weighted by molar-refractivity contribution is 7.23. The molecule has 0 spiro atoms. The predicted molar refractivity (Wildman–Crippen MR) is 143 cm³/mol. The molecule has 1 aromatic carbocycles. The van der Waals surface area contributed by atoms with Gasteiger partial charge in [0.05, 0.1) is 48.6 Å². The lowest BCUT2D eigenvalue weighted by molar-refractivity contribution is 0.0159. The second-order valence-corrected chi connectivity index (χ2v) is 11.2. The van der Waals surface area contributed by atoms with E-state index >= 15 is 4.39 Å². The highest BCUT2D eigenvalue weighted by Gasteiger charge is 2.37. The van der Waals surface area contributed by atoms with Crippen molar-refractivity contribution in [3.63, 3.8) is 0 Å². The molecule has 9 nitrogen and oxygen atoms in total. The maximum Gasteiger partial charge on any atom is 0.226 e. The zero-order chi connectivity index (χ0) is 26.8. The average Bonchev–Trinajstić information content (AvgIpc) is 3.67. The number of hydrogen-bond acceptors (Lipinski definition) is 10. The van der Waals surface area contributed by atoms with Crippen LogP contribution in [0, 0.1) is 23.0 Å². The van der Waals surface area contributed by atoms with Crippen LogP contribution in [-0.2, 0) is 22.7 Å². The van der Waals surface area contributed by atoms with E-state index in [9.17, 15) is 9.65 Å². The predicted octanol–water partition coefficient (Wildman–Crippen LogP) is 3.97. The normalized spacial score (nSPS) is 21.6. The second-order valence-electron chi connectivity index (χ2n) is 10.1. The number of ether oxygens (including phenoxy) is 2. The molecule has 200 valence electrons. The minimum absolute atomic E-state index is 0.0904. The molecule has 0 aliphatic carbocycles. The first-order valence-electron chi connectivity index (χ1n) is 12.9. The molecule has 3 aliphatic heterocycles. The number of rotatable bonds is 3. The molecule has 0 saturated carbocycles. The van der Waals surface area contributed by atoms with Gasteiger partial charge in [-0.15, -0.1) is 11.3 Å². The van der Waals surface area contributed by atoms with Gasteiger partial charge >= 0.3 is 0 Å². The van der Waals surface area contributed by atoms with Gasteiger partial charge < -0.3 is 20.1 Å². The number of halogens is 2. The van der Waals surface area contributed by atoms with E-state index in [4.69, 9.17) is 20.2 Å². The minimum atomic E-state index is -0.608. The minimum Gasteiger partial charge on any atom is -0.389 e. The van der Waals surface area contributed by atoms with E-state index < -0.39 is 11.6 Å². The smallest absolute Gasteiger partial charge is 0.226 e. The fourth-order valence-corrected chi connectivity index (χ4v) is 7.20. The summed E-state index contributed by atoms with van der Waals surface area (Å²) in [5.74, 6) is -0.740. The molecule has 3 aliphatic rings. The molecule has 39 heavy (non-hydrogen) atoms. The average molecular weight is 550 g/mol. The maximum absolute atomic E-state index is 16.6. The zero-order valence-electron chi connectivity index (χ0n) is 21.2. The number of fused-ring (bicyclic) bond motifs is 4. The summed E-state index contributed by atoms with van der Waals surface area (Å²) in [5, 5.41) is 10.7. The summed E-state index contributed by atoms with van der Waals surface area (Å²) >= 11 is 0.955. The van der Waals surface area contributed by atoms with Crippen molar-refractivity contribution in [2.75, 3.05) is 43.5 Å². The van der Waals surface area contributed by atoms with Crippen molar-refractivity contribution < 1.29 is 18.3 Å².